The molecule has 0 spiro atoms. The number of hydrogen-bond acceptors (Lipinski definition) is 3. The van der Waals surface area contributed by atoms with E-state index >= 15 is 0 Å². The summed E-state index contributed by atoms with van der Waals surface area (Å²) >= 11 is 0. The Morgan fingerprint density at radius 3 is 2.25 bits per heavy atom. The van der Waals surface area contributed by atoms with Crippen LogP contribution in [0.5, 0.6) is 0 Å². The molecule has 1 aromatic carbocycles. The zero-order valence-corrected chi connectivity index (χ0v) is 13.6. The summed E-state index contributed by atoms with van der Waals surface area (Å²) in [6.07, 6.45) is 9.24. The van der Waals surface area contributed by atoms with Gasteiger partial charge in [-0.15, -0.1) is 0 Å². The second-order valence-electron chi connectivity index (χ2n) is 6.23. The first-order valence-electron chi connectivity index (χ1n) is 8.50. The van der Waals surface area contributed by atoms with E-state index in [-0.39, 0.29) is 11.7 Å². The van der Waals surface area contributed by atoms with Gasteiger partial charge in [0.15, 0.2) is 0 Å². The van der Waals surface area contributed by atoms with Crippen molar-refractivity contribution in [1.82, 2.24) is 4.98 Å². The molecule has 0 bridgehead atoms. The number of rotatable bonds is 4. The number of carbonyl (C=O) groups is 1. The summed E-state index contributed by atoms with van der Waals surface area (Å²) in [6, 6.07) is 9.75. The van der Waals surface area contributed by atoms with Crippen LogP contribution >= 0.6 is 0 Å². The Balaban J connectivity index is 1.58. The summed E-state index contributed by atoms with van der Waals surface area (Å²) in [5.74, 6) is -0.636. The number of carbonyl (C=O) groups excluding carboxylic acids is 1. The van der Waals surface area contributed by atoms with E-state index in [1.165, 1.54) is 62.8 Å². The Labute approximate surface area is 141 Å². The third-order valence-electron chi connectivity index (χ3n) is 4.32. The van der Waals surface area contributed by atoms with Crippen molar-refractivity contribution in [2.24, 2.45) is 0 Å². The summed E-state index contributed by atoms with van der Waals surface area (Å²) in [5, 5.41) is 6.21. The predicted octanol–water partition coefficient (Wildman–Crippen LogP) is 4.61. The van der Waals surface area contributed by atoms with Gasteiger partial charge in [-0.2, -0.15) is 0 Å². The van der Waals surface area contributed by atoms with E-state index in [4.69, 9.17) is 0 Å². The van der Waals surface area contributed by atoms with Crippen LogP contribution in [0, 0.1) is 5.82 Å². The minimum absolute atomic E-state index is 0.303. The predicted molar refractivity (Wildman–Crippen MR) is 93.7 cm³/mol. The van der Waals surface area contributed by atoms with Crippen LogP contribution in [0.1, 0.15) is 49.0 Å². The lowest BCUT2D eigenvalue weighted by molar-refractivity contribution is 0.102. The van der Waals surface area contributed by atoms with Gasteiger partial charge in [-0.3, -0.25) is 4.79 Å². The molecule has 0 saturated heterocycles. The van der Waals surface area contributed by atoms with Crippen molar-refractivity contribution in [3.8, 4) is 0 Å². The summed E-state index contributed by atoms with van der Waals surface area (Å²) in [4.78, 5) is 16.4. The van der Waals surface area contributed by atoms with Crippen molar-refractivity contribution in [3.05, 3.63) is 54.1 Å². The van der Waals surface area contributed by atoms with Crippen LogP contribution in [0.2, 0.25) is 0 Å². The molecule has 5 heteroatoms. The maximum Gasteiger partial charge on any atom is 0.274 e. The molecule has 1 aliphatic carbocycles. The van der Waals surface area contributed by atoms with Crippen molar-refractivity contribution >= 4 is 17.3 Å². The van der Waals surface area contributed by atoms with Crippen molar-refractivity contribution in [2.45, 2.75) is 44.6 Å². The van der Waals surface area contributed by atoms with Crippen LogP contribution < -0.4 is 10.6 Å². The van der Waals surface area contributed by atoms with Crippen LogP contribution in [0.15, 0.2) is 42.6 Å². The molecule has 4 nitrogen and oxygen atoms in total. The Bertz CT molecular complexity index is 662. The fourth-order valence-corrected chi connectivity index (χ4v) is 3.00. The highest BCUT2D eigenvalue weighted by Gasteiger charge is 2.13. The molecule has 1 amide bonds. The lowest BCUT2D eigenvalue weighted by atomic mass is 10.1. The molecule has 1 saturated carbocycles. The highest BCUT2D eigenvalue weighted by Crippen LogP contribution is 2.21. The van der Waals surface area contributed by atoms with Gasteiger partial charge in [-0.05, 0) is 49.2 Å². The van der Waals surface area contributed by atoms with E-state index in [0.29, 0.717) is 17.4 Å². The second-order valence-corrected chi connectivity index (χ2v) is 6.23. The molecule has 3 rings (SSSR count). The molecular formula is C19H22FN3O. The van der Waals surface area contributed by atoms with Gasteiger partial charge in [-0.25, -0.2) is 9.37 Å². The van der Waals surface area contributed by atoms with Crippen LogP contribution in [0.3, 0.4) is 0 Å². The molecule has 1 heterocycles. The molecule has 1 fully saturated rings. The molecule has 1 aromatic heterocycles. The number of pyridine rings is 1. The Morgan fingerprint density at radius 1 is 0.958 bits per heavy atom. The summed E-state index contributed by atoms with van der Waals surface area (Å²) in [7, 11) is 0. The maximum atomic E-state index is 12.9. The smallest absolute Gasteiger partial charge is 0.274 e. The Hall–Kier alpha value is -2.43. The molecule has 0 radical (unpaired) electrons. The van der Waals surface area contributed by atoms with E-state index < -0.39 is 0 Å². The first-order valence-corrected chi connectivity index (χ1v) is 8.50. The van der Waals surface area contributed by atoms with Gasteiger partial charge in [-0.1, -0.05) is 25.7 Å². The number of amides is 1. The second kappa shape index (κ2) is 7.90. The van der Waals surface area contributed by atoms with Crippen LogP contribution in [-0.4, -0.2) is 16.9 Å². The largest absolute Gasteiger partial charge is 0.381 e. The summed E-state index contributed by atoms with van der Waals surface area (Å²) in [6.45, 7) is 0. The van der Waals surface area contributed by atoms with Gasteiger partial charge in [0.05, 0.1) is 11.9 Å². The number of anilines is 2. The lowest BCUT2D eigenvalue weighted by Crippen LogP contribution is -2.19. The minimum Gasteiger partial charge on any atom is -0.381 e. The monoisotopic (exact) mass is 327 g/mol. The number of aromatic nitrogens is 1. The Morgan fingerprint density at radius 2 is 1.62 bits per heavy atom. The van der Waals surface area contributed by atoms with Gasteiger partial charge in [0.2, 0.25) is 0 Å². The van der Waals surface area contributed by atoms with Gasteiger partial charge in [0, 0.05) is 11.7 Å². The zero-order chi connectivity index (χ0) is 16.8. The van der Waals surface area contributed by atoms with E-state index in [1.54, 1.807) is 12.3 Å². The van der Waals surface area contributed by atoms with E-state index in [2.05, 4.69) is 15.6 Å². The Kier molecular flexibility index (Phi) is 5.41. The lowest BCUT2D eigenvalue weighted by Gasteiger charge is -2.17. The topological polar surface area (TPSA) is 54.0 Å². The van der Waals surface area contributed by atoms with Crippen molar-refractivity contribution in [2.75, 3.05) is 10.6 Å². The average molecular weight is 327 g/mol. The third-order valence-corrected chi connectivity index (χ3v) is 4.32. The van der Waals surface area contributed by atoms with Gasteiger partial charge < -0.3 is 10.6 Å². The molecule has 1 aliphatic rings. The normalized spacial score (nSPS) is 15.5. The number of nitrogens with zero attached hydrogens (tertiary/aromatic N) is 1. The van der Waals surface area contributed by atoms with Gasteiger partial charge >= 0.3 is 0 Å². The number of benzene rings is 1. The minimum atomic E-state index is -0.333. The third kappa shape index (κ3) is 4.54. The number of hydrogen-bond donors (Lipinski definition) is 2. The van der Waals surface area contributed by atoms with Crippen LogP contribution in [0.25, 0.3) is 0 Å². The SMILES string of the molecule is O=C(Nc1ccc(F)cc1)c1ccc(NC2CCCCCC2)cn1. The summed E-state index contributed by atoms with van der Waals surface area (Å²) in [5.41, 5.74) is 1.83. The van der Waals surface area contributed by atoms with E-state index in [9.17, 15) is 9.18 Å². The molecule has 0 aliphatic heterocycles. The fourth-order valence-electron chi connectivity index (χ4n) is 3.00. The number of halogens is 1. The van der Waals surface area contributed by atoms with Gasteiger partial charge in [0.25, 0.3) is 5.91 Å². The van der Waals surface area contributed by atoms with Gasteiger partial charge in [0.1, 0.15) is 11.5 Å². The van der Waals surface area contributed by atoms with Crippen LogP contribution in [0.4, 0.5) is 15.8 Å². The molecular weight excluding hydrogens is 305 g/mol. The summed E-state index contributed by atoms with van der Waals surface area (Å²) < 4.78 is 12.9. The van der Waals surface area contributed by atoms with Crippen molar-refractivity contribution in [1.29, 1.82) is 0 Å². The molecule has 24 heavy (non-hydrogen) atoms. The van der Waals surface area contributed by atoms with E-state index in [1.807, 2.05) is 6.07 Å². The van der Waals surface area contributed by atoms with Crippen molar-refractivity contribution in [3.63, 3.8) is 0 Å². The highest BCUT2D eigenvalue weighted by atomic mass is 19.1. The van der Waals surface area contributed by atoms with Crippen molar-refractivity contribution < 1.29 is 9.18 Å². The highest BCUT2D eigenvalue weighted by molar-refractivity contribution is 6.02. The average Bonchev–Trinajstić information content (AvgIpc) is 2.86. The molecule has 2 N–H and O–H groups in total. The standard InChI is InChI=1S/C19H22FN3O/c20-14-7-9-16(10-8-14)23-19(24)18-12-11-17(13-21-18)22-15-5-3-1-2-4-6-15/h7-13,15,22H,1-6H2,(H,23,24). The molecule has 0 unspecified atom stereocenters. The molecule has 2 aromatic rings. The zero-order valence-electron chi connectivity index (χ0n) is 13.6. The first-order chi connectivity index (χ1) is 11.7. The molecule has 126 valence electrons. The van der Waals surface area contributed by atoms with Crippen LogP contribution in [-0.2, 0) is 0 Å². The quantitative estimate of drug-likeness (QED) is 0.806. The first kappa shape index (κ1) is 16.4. The fraction of sp³-hybridized carbons (Fsp3) is 0.368. The molecule has 0 atom stereocenters. The maximum absolute atomic E-state index is 12.9. The van der Waals surface area contributed by atoms with E-state index in [0.717, 1.165) is 5.69 Å². The number of nitrogens with one attached hydrogen (secondary N) is 2.